The summed E-state index contributed by atoms with van der Waals surface area (Å²) in [6.07, 6.45) is 0.931. The number of pyridine rings is 1. The van der Waals surface area contributed by atoms with E-state index < -0.39 is 0 Å². The predicted molar refractivity (Wildman–Crippen MR) is 102 cm³/mol. The van der Waals surface area contributed by atoms with Crippen LogP contribution in [0.15, 0.2) is 41.4 Å². The Balaban J connectivity index is 1.49. The van der Waals surface area contributed by atoms with Gasteiger partial charge in [0.1, 0.15) is 5.84 Å². The SMILES string of the molecule is CC(=O)N1CCc2nc(CC(=O)N[C@H](C)c3ccccc3)cc3c2C1=NC3. The van der Waals surface area contributed by atoms with Crippen molar-refractivity contribution < 1.29 is 9.59 Å². The van der Waals surface area contributed by atoms with Crippen molar-refractivity contribution in [3.8, 4) is 0 Å². The number of amidine groups is 1. The standard InChI is InChI=1S/C21H22N4O2/c1-13(15-6-4-3-5-7-15)23-19(27)11-17-10-16-12-22-21-20(16)18(24-17)8-9-25(21)14(2)26/h3-7,10,13H,8-9,11-12H2,1-2H3,(H,23,27)/t13-/m1/s1. The molecular formula is C21H22N4O2. The molecule has 0 bridgehead atoms. The molecule has 3 heterocycles. The maximum absolute atomic E-state index is 12.5. The number of carbonyl (C=O) groups excluding carboxylic acids is 2. The maximum atomic E-state index is 12.5. The monoisotopic (exact) mass is 362 g/mol. The Morgan fingerprint density at radius 1 is 1.26 bits per heavy atom. The summed E-state index contributed by atoms with van der Waals surface area (Å²) in [5.74, 6) is 0.692. The summed E-state index contributed by atoms with van der Waals surface area (Å²) in [5.41, 5.74) is 4.82. The highest BCUT2D eigenvalue weighted by molar-refractivity contribution is 6.11. The van der Waals surface area contributed by atoms with E-state index in [1.807, 2.05) is 43.3 Å². The Kier molecular flexibility index (Phi) is 4.48. The average Bonchev–Trinajstić information content (AvgIpc) is 3.07. The Labute approximate surface area is 158 Å². The number of nitrogens with one attached hydrogen (secondary N) is 1. The Bertz CT molecular complexity index is 937. The molecule has 4 rings (SSSR count). The number of hydrogen-bond donors (Lipinski definition) is 1. The van der Waals surface area contributed by atoms with Gasteiger partial charge in [-0.15, -0.1) is 0 Å². The van der Waals surface area contributed by atoms with E-state index in [4.69, 9.17) is 4.98 Å². The molecule has 1 aromatic carbocycles. The van der Waals surface area contributed by atoms with Crippen LogP contribution in [-0.2, 0) is 29.0 Å². The lowest BCUT2D eigenvalue weighted by atomic mass is 9.99. The first kappa shape index (κ1) is 17.4. The molecule has 0 unspecified atom stereocenters. The zero-order valence-corrected chi connectivity index (χ0v) is 15.5. The molecule has 2 aromatic rings. The number of hydrogen-bond acceptors (Lipinski definition) is 4. The van der Waals surface area contributed by atoms with E-state index in [1.165, 1.54) is 0 Å². The Hall–Kier alpha value is -3.02. The zero-order valence-electron chi connectivity index (χ0n) is 15.5. The first-order valence-electron chi connectivity index (χ1n) is 9.22. The highest BCUT2D eigenvalue weighted by atomic mass is 16.2. The van der Waals surface area contributed by atoms with Crippen molar-refractivity contribution in [1.29, 1.82) is 0 Å². The van der Waals surface area contributed by atoms with Crippen LogP contribution in [0.3, 0.4) is 0 Å². The second kappa shape index (κ2) is 6.95. The molecule has 6 nitrogen and oxygen atoms in total. The van der Waals surface area contributed by atoms with Gasteiger partial charge in [-0.1, -0.05) is 30.3 Å². The summed E-state index contributed by atoms with van der Waals surface area (Å²) in [7, 11) is 0. The lowest BCUT2D eigenvalue weighted by molar-refractivity contribution is -0.125. The van der Waals surface area contributed by atoms with Gasteiger partial charge in [0.15, 0.2) is 0 Å². The van der Waals surface area contributed by atoms with Gasteiger partial charge < -0.3 is 5.32 Å². The number of benzene rings is 1. The first-order chi connectivity index (χ1) is 13.0. The topological polar surface area (TPSA) is 74.7 Å². The van der Waals surface area contributed by atoms with Gasteiger partial charge in [0.2, 0.25) is 11.8 Å². The van der Waals surface area contributed by atoms with Gasteiger partial charge in [-0.2, -0.15) is 0 Å². The third-order valence-corrected chi connectivity index (χ3v) is 5.08. The average molecular weight is 362 g/mol. The summed E-state index contributed by atoms with van der Waals surface area (Å²) in [5, 5.41) is 3.03. The van der Waals surface area contributed by atoms with Crippen LogP contribution in [0.4, 0.5) is 0 Å². The van der Waals surface area contributed by atoms with E-state index in [0.717, 1.165) is 33.9 Å². The summed E-state index contributed by atoms with van der Waals surface area (Å²) in [4.78, 5) is 35.2. The predicted octanol–water partition coefficient (Wildman–Crippen LogP) is 2.17. The van der Waals surface area contributed by atoms with Crippen LogP contribution in [0, 0.1) is 0 Å². The van der Waals surface area contributed by atoms with Crippen molar-refractivity contribution in [3.63, 3.8) is 0 Å². The second-order valence-corrected chi connectivity index (χ2v) is 7.03. The third-order valence-electron chi connectivity index (χ3n) is 5.08. The van der Waals surface area contributed by atoms with Crippen LogP contribution in [0.25, 0.3) is 0 Å². The van der Waals surface area contributed by atoms with E-state index in [9.17, 15) is 9.59 Å². The quantitative estimate of drug-likeness (QED) is 0.906. The molecule has 2 amide bonds. The van der Waals surface area contributed by atoms with E-state index >= 15 is 0 Å². The van der Waals surface area contributed by atoms with Crippen molar-refractivity contribution in [2.24, 2.45) is 4.99 Å². The molecule has 0 radical (unpaired) electrons. The second-order valence-electron chi connectivity index (χ2n) is 7.03. The number of aromatic nitrogens is 1. The fourth-order valence-corrected chi connectivity index (χ4v) is 3.76. The molecule has 2 aliphatic heterocycles. The molecule has 0 saturated heterocycles. The minimum absolute atomic E-state index is 0.00519. The number of rotatable bonds is 4. The summed E-state index contributed by atoms with van der Waals surface area (Å²) < 4.78 is 0. The highest BCUT2D eigenvalue weighted by Crippen LogP contribution is 2.28. The summed E-state index contributed by atoms with van der Waals surface area (Å²) >= 11 is 0. The van der Waals surface area contributed by atoms with Gasteiger partial charge in [0, 0.05) is 25.5 Å². The van der Waals surface area contributed by atoms with Crippen molar-refractivity contribution in [2.45, 2.75) is 39.3 Å². The van der Waals surface area contributed by atoms with E-state index in [1.54, 1.807) is 11.8 Å². The fourth-order valence-electron chi connectivity index (χ4n) is 3.76. The largest absolute Gasteiger partial charge is 0.349 e. The molecular weight excluding hydrogens is 340 g/mol. The van der Waals surface area contributed by atoms with Crippen molar-refractivity contribution in [2.75, 3.05) is 6.54 Å². The third kappa shape index (κ3) is 3.35. The van der Waals surface area contributed by atoms with Gasteiger partial charge in [-0.25, -0.2) is 0 Å². The molecule has 1 aromatic heterocycles. The molecule has 138 valence electrons. The van der Waals surface area contributed by atoms with Crippen molar-refractivity contribution in [1.82, 2.24) is 15.2 Å². The Morgan fingerprint density at radius 2 is 2.04 bits per heavy atom. The van der Waals surface area contributed by atoms with E-state index in [0.29, 0.717) is 19.5 Å². The van der Waals surface area contributed by atoms with Gasteiger partial charge in [0.25, 0.3) is 0 Å². The number of nitrogens with zero attached hydrogens (tertiary/aromatic N) is 3. The molecule has 2 aliphatic rings. The van der Waals surface area contributed by atoms with Crippen molar-refractivity contribution >= 4 is 17.6 Å². The minimum atomic E-state index is -0.0504. The molecule has 1 N–H and O–H groups in total. The summed E-state index contributed by atoms with van der Waals surface area (Å²) in [6.45, 7) is 4.67. The highest BCUT2D eigenvalue weighted by Gasteiger charge is 2.32. The number of aliphatic imine (C=N–C) groups is 1. The molecule has 1 atom stereocenters. The van der Waals surface area contributed by atoms with Crippen LogP contribution in [-0.4, -0.2) is 34.1 Å². The van der Waals surface area contributed by atoms with E-state index in [-0.39, 0.29) is 24.3 Å². The van der Waals surface area contributed by atoms with Crippen molar-refractivity contribution in [3.05, 3.63) is 64.5 Å². The molecule has 0 spiro atoms. The zero-order chi connectivity index (χ0) is 19.0. The van der Waals surface area contributed by atoms with Gasteiger partial charge >= 0.3 is 0 Å². The van der Waals surface area contributed by atoms with Crippen LogP contribution in [0.1, 0.15) is 48.0 Å². The van der Waals surface area contributed by atoms with Gasteiger partial charge in [-0.3, -0.25) is 24.5 Å². The normalized spacial score (nSPS) is 15.8. The van der Waals surface area contributed by atoms with Crippen LogP contribution < -0.4 is 5.32 Å². The first-order valence-corrected chi connectivity index (χ1v) is 9.22. The minimum Gasteiger partial charge on any atom is -0.349 e. The molecule has 0 fully saturated rings. The molecule has 27 heavy (non-hydrogen) atoms. The van der Waals surface area contributed by atoms with Crippen LogP contribution >= 0.6 is 0 Å². The number of carbonyl (C=O) groups is 2. The smallest absolute Gasteiger partial charge is 0.226 e. The maximum Gasteiger partial charge on any atom is 0.226 e. The lowest BCUT2D eigenvalue weighted by Gasteiger charge is -2.27. The fraction of sp³-hybridized carbons (Fsp3) is 0.333. The van der Waals surface area contributed by atoms with Crippen LogP contribution in [0.5, 0.6) is 0 Å². The van der Waals surface area contributed by atoms with Gasteiger partial charge in [-0.05, 0) is 24.1 Å². The Morgan fingerprint density at radius 3 is 2.78 bits per heavy atom. The molecule has 0 saturated carbocycles. The molecule has 6 heteroatoms. The summed E-state index contributed by atoms with van der Waals surface area (Å²) in [6, 6.07) is 11.8. The van der Waals surface area contributed by atoms with Crippen LogP contribution in [0.2, 0.25) is 0 Å². The molecule has 0 aliphatic carbocycles. The van der Waals surface area contributed by atoms with Gasteiger partial charge in [0.05, 0.1) is 30.4 Å². The lowest BCUT2D eigenvalue weighted by Crippen LogP contribution is -2.41. The number of amides is 2. The van der Waals surface area contributed by atoms with E-state index in [2.05, 4.69) is 10.3 Å².